The van der Waals surface area contributed by atoms with Crippen molar-refractivity contribution >= 4 is 34.7 Å². The molecular weight excluding hydrogens is 342 g/mol. The fourth-order valence-electron chi connectivity index (χ4n) is 2.22. The first-order valence-electron chi connectivity index (χ1n) is 7.44. The van der Waals surface area contributed by atoms with Crippen LogP contribution in [0, 0.1) is 0 Å². The summed E-state index contributed by atoms with van der Waals surface area (Å²) in [4.78, 5) is 16.4. The zero-order valence-corrected chi connectivity index (χ0v) is 14.6. The molecule has 124 valence electrons. The molecule has 3 heterocycles. The van der Waals surface area contributed by atoms with Gasteiger partial charge in [-0.3, -0.25) is 4.79 Å². The summed E-state index contributed by atoms with van der Waals surface area (Å²) in [6.07, 6.45) is 4.97. The molecule has 0 unspecified atom stereocenters. The van der Waals surface area contributed by atoms with Crippen LogP contribution in [0.5, 0.6) is 0 Å². The Kier molecular flexibility index (Phi) is 5.63. The number of amides is 1. The van der Waals surface area contributed by atoms with Gasteiger partial charge in [-0.2, -0.15) is 0 Å². The van der Waals surface area contributed by atoms with E-state index in [9.17, 15) is 4.79 Å². The number of rotatable bonds is 7. The van der Waals surface area contributed by atoms with Gasteiger partial charge in [0.25, 0.3) is 0 Å². The Morgan fingerprint density at radius 2 is 2.17 bits per heavy atom. The predicted octanol–water partition coefficient (Wildman–Crippen LogP) is 4.14. The lowest BCUT2D eigenvalue weighted by molar-refractivity contribution is -0.127. The normalized spacial score (nSPS) is 11.2. The highest BCUT2D eigenvalue weighted by atomic mass is 32.1. The molecule has 24 heavy (non-hydrogen) atoms. The van der Waals surface area contributed by atoms with E-state index in [1.54, 1.807) is 34.7 Å². The molecule has 0 atom stereocenters. The van der Waals surface area contributed by atoms with Gasteiger partial charge in [0.15, 0.2) is 0 Å². The molecule has 0 saturated heterocycles. The minimum Gasteiger partial charge on any atom is -0.467 e. The number of aliphatic hydroxyl groups is 1. The summed E-state index contributed by atoms with van der Waals surface area (Å²) >= 11 is 3.13. The van der Waals surface area contributed by atoms with Crippen molar-refractivity contribution in [3.8, 4) is 0 Å². The van der Waals surface area contributed by atoms with Crippen LogP contribution in [0.15, 0.2) is 57.8 Å². The Labute approximate surface area is 148 Å². The molecule has 0 fully saturated rings. The smallest absolute Gasteiger partial charge is 0.247 e. The fraction of sp³-hybridized carbons (Fsp3) is 0.167. The molecule has 0 aliphatic carbocycles. The number of carbonyl (C=O) groups is 1. The van der Waals surface area contributed by atoms with Crippen LogP contribution in [0.25, 0.3) is 6.08 Å². The summed E-state index contributed by atoms with van der Waals surface area (Å²) in [6.45, 7) is 0.996. The molecule has 1 amide bonds. The van der Waals surface area contributed by atoms with Gasteiger partial charge < -0.3 is 14.4 Å². The van der Waals surface area contributed by atoms with Crippen molar-refractivity contribution in [1.29, 1.82) is 0 Å². The fourth-order valence-corrected chi connectivity index (χ4v) is 3.73. The van der Waals surface area contributed by atoms with E-state index in [4.69, 9.17) is 9.52 Å². The highest BCUT2D eigenvalue weighted by Crippen LogP contribution is 2.18. The molecule has 0 aliphatic heterocycles. The standard InChI is InChI=1S/C18H17NO3S2/c20-12-14-9-16(24-13-14)5-6-18(21)19(10-15-3-1-7-22-15)11-17-4-2-8-23-17/h1-9,13,20H,10-12H2/b6-5+. The van der Waals surface area contributed by atoms with E-state index in [0.717, 1.165) is 21.1 Å². The van der Waals surface area contributed by atoms with Crippen LogP contribution in [0.1, 0.15) is 21.1 Å². The number of thiophene rings is 2. The van der Waals surface area contributed by atoms with E-state index in [1.807, 2.05) is 41.1 Å². The number of hydrogen-bond donors (Lipinski definition) is 1. The summed E-state index contributed by atoms with van der Waals surface area (Å²) in [5.74, 6) is 0.686. The first-order valence-corrected chi connectivity index (χ1v) is 9.20. The molecule has 3 rings (SSSR count). The van der Waals surface area contributed by atoms with Crippen LogP contribution < -0.4 is 0 Å². The van der Waals surface area contributed by atoms with E-state index in [2.05, 4.69) is 0 Å². The summed E-state index contributed by atoms with van der Waals surface area (Å²) < 4.78 is 5.37. The number of aliphatic hydroxyl groups excluding tert-OH is 1. The van der Waals surface area contributed by atoms with Crippen molar-refractivity contribution in [1.82, 2.24) is 4.90 Å². The van der Waals surface area contributed by atoms with E-state index < -0.39 is 0 Å². The van der Waals surface area contributed by atoms with Crippen molar-refractivity contribution in [2.24, 2.45) is 0 Å². The maximum absolute atomic E-state index is 12.6. The number of nitrogens with zero attached hydrogens (tertiary/aromatic N) is 1. The SMILES string of the molecule is O=C(/C=C/c1cc(CO)cs1)N(Cc1ccco1)Cc1cccs1. The second kappa shape index (κ2) is 8.10. The van der Waals surface area contributed by atoms with Gasteiger partial charge in [0, 0.05) is 15.8 Å². The largest absolute Gasteiger partial charge is 0.467 e. The van der Waals surface area contributed by atoms with Gasteiger partial charge in [-0.1, -0.05) is 6.07 Å². The molecule has 3 aromatic rings. The van der Waals surface area contributed by atoms with E-state index in [-0.39, 0.29) is 12.5 Å². The van der Waals surface area contributed by atoms with Gasteiger partial charge in [-0.15, -0.1) is 22.7 Å². The van der Waals surface area contributed by atoms with Gasteiger partial charge >= 0.3 is 0 Å². The van der Waals surface area contributed by atoms with Crippen LogP contribution in [0.2, 0.25) is 0 Å². The Balaban J connectivity index is 1.71. The van der Waals surface area contributed by atoms with Crippen molar-refractivity contribution in [3.05, 3.63) is 74.5 Å². The highest BCUT2D eigenvalue weighted by Gasteiger charge is 2.14. The summed E-state index contributed by atoms with van der Waals surface area (Å²) in [6, 6.07) is 9.56. The number of carbonyl (C=O) groups excluding carboxylic acids is 1. The summed E-state index contributed by atoms with van der Waals surface area (Å²) in [5, 5.41) is 13.0. The number of hydrogen-bond acceptors (Lipinski definition) is 5. The van der Waals surface area contributed by atoms with Gasteiger partial charge in [0.05, 0.1) is 26.0 Å². The third kappa shape index (κ3) is 4.44. The van der Waals surface area contributed by atoms with Crippen molar-refractivity contribution in [3.63, 3.8) is 0 Å². The average molecular weight is 359 g/mol. The van der Waals surface area contributed by atoms with Crippen LogP contribution in [-0.2, 0) is 24.5 Å². The Hall–Kier alpha value is -2.15. The second-order valence-electron chi connectivity index (χ2n) is 5.20. The highest BCUT2D eigenvalue weighted by molar-refractivity contribution is 7.11. The molecule has 0 aromatic carbocycles. The first kappa shape index (κ1) is 16.7. The Bertz CT molecular complexity index is 752. The number of furan rings is 1. The third-order valence-electron chi connectivity index (χ3n) is 3.41. The third-order valence-corrected chi connectivity index (χ3v) is 5.22. The van der Waals surface area contributed by atoms with Gasteiger partial charge in [0.2, 0.25) is 5.91 Å². The van der Waals surface area contributed by atoms with Crippen LogP contribution in [-0.4, -0.2) is 15.9 Å². The van der Waals surface area contributed by atoms with Crippen LogP contribution >= 0.6 is 22.7 Å². The van der Waals surface area contributed by atoms with Crippen LogP contribution in [0.3, 0.4) is 0 Å². The molecule has 0 aliphatic rings. The van der Waals surface area contributed by atoms with Crippen molar-refractivity contribution in [2.45, 2.75) is 19.7 Å². The van der Waals surface area contributed by atoms with Crippen molar-refractivity contribution < 1.29 is 14.3 Å². The Morgan fingerprint density at radius 3 is 2.83 bits per heavy atom. The molecule has 4 nitrogen and oxygen atoms in total. The van der Waals surface area contributed by atoms with Crippen molar-refractivity contribution in [2.75, 3.05) is 0 Å². The molecule has 3 aromatic heterocycles. The summed E-state index contributed by atoms with van der Waals surface area (Å²) in [5.41, 5.74) is 0.859. The maximum atomic E-state index is 12.6. The molecular formula is C18H17NO3S2. The van der Waals surface area contributed by atoms with Crippen LogP contribution in [0.4, 0.5) is 0 Å². The molecule has 0 saturated carbocycles. The van der Waals surface area contributed by atoms with E-state index in [0.29, 0.717) is 13.1 Å². The molecule has 6 heteroatoms. The maximum Gasteiger partial charge on any atom is 0.247 e. The predicted molar refractivity (Wildman–Crippen MR) is 96.6 cm³/mol. The molecule has 1 N–H and O–H groups in total. The minimum absolute atomic E-state index is 0.0152. The van der Waals surface area contributed by atoms with Gasteiger partial charge in [-0.05, 0) is 46.7 Å². The zero-order valence-electron chi connectivity index (χ0n) is 12.9. The van der Waals surface area contributed by atoms with Gasteiger partial charge in [-0.25, -0.2) is 0 Å². The monoisotopic (exact) mass is 359 g/mol. The molecule has 0 spiro atoms. The quantitative estimate of drug-likeness (QED) is 0.645. The lowest BCUT2D eigenvalue weighted by Gasteiger charge is -2.19. The topological polar surface area (TPSA) is 53.7 Å². The zero-order chi connectivity index (χ0) is 16.8. The second-order valence-corrected chi connectivity index (χ2v) is 7.18. The van der Waals surface area contributed by atoms with E-state index >= 15 is 0 Å². The first-order chi connectivity index (χ1) is 11.7. The molecule has 0 bridgehead atoms. The Morgan fingerprint density at radius 1 is 1.25 bits per heavy atom. The lowest BCUT2D eigenvalue weighted by atomic mass is 10.3. The lowest BCUT2D eigenvalue weighted by Crippen LogP contribution is -2.27. The molecule has 0 radical (unpaired) electrons. The minimum atomic E-state index is -0.0706. The van der Waals surface area contributed by atoms with E-state index in [1.165, 1.54) is 11.3 Å². The van der Waals surface area contributed by atoms with Gasteiger partial charge in [0.1, 0.15) is 5.76 Å². The average Bonchev–Trinajstić information content (AvgIpc) is 3.34. The summed E-state index contributed by atoms with van der Waals surface area (Å²) in [7, 11) is 0.